The van der Waals surface area contributed by atoms with Crippen LogP contribution in [0.4, 0.5) is 5.13 Å². The first-order chi connectivity index (χ1) is 10.6. The summed E-state index contributed by atoms with van der Waals surface area (Å²) in [5.74, 6) is 1.24. The standard InChI is InChI=1S/C16H19N3O2S/c1-10(14-8-21-15-6-4-3-5-13(14)15)17-7-12-9-22-16(19-12)18-11(2)20/h3-6,9-10,14,17H,7-8H2,1-2H3,(H,18,19,20)/t10-,14-/m0/s1. The van der Waals surface area contributed by atoms with Gasteiger partial charge in [-0.05, 0) is 13.0 Å². The van der Waals surface area contributed by atoms with Crippen molar-refractivity contribution in [3.05, 3.63) is 40.9 Å². The van der Waals surface area contributed by atoms with E-state index < -0.39 is 0 Å². The first kappa shape index (κ1) is 15.0. The molecule has 5 nitrogen and oxygen atoms in total. The SMILES string of the molecule is CC(=O)Nc1nc(CN[C@@H](C)[C@@H]2COc3ccccc32)cs1. The Bertz CT molecular complexity index is 671. The number of benzene rings is 1. The molecule has 0 bridgehead atoms. The number of nitrogens with one attached hydrogen (secondary N) is 2. The number of rotatable bonds is 5. The smallest absolute Gasteiger partial charge is 0.223 e. The minimum atomic E-state index is -0.0954. The number of amides is 1. The van der Waals surface area contributed by atoms with Gasteiger partial charge in [-0.15, -0.1) is 11.3 Å². The van der Waals surface area contributed by atoms with Crippen molar-refractivity contribution in [1.82, 2.24) is 10.3 Å². The van der Waals surface area contributed by atoms with Crippen molar-refractivity contribution in [2.75, 3.05) is 11.9 Å². The number of ether oxygens (including phenoxy) is 1. The quantitative estimate of drug-likeness (QED) is 0.890. The average Bonchev–Trinajstić information content (AvgIpc) is 3.10. The number of aromatic nitrogens is 1. The predicted octanol–water partition coefficient (Wildman–Crippen LogP) is 2.76. The van der Waals surface area contributed by atoms with Gasteiger partial charge >= 0.3 is 0 Å². The maximum Gasteiger partial charge on any atom is 0.223 e. The molecule has 2 N–H and O–H groups in total. The molecule has 2 aromatic rings. The zero-order valence-electron chi connectivity index (χ0n) is 12.6. The Morgan fingerprint density at radius 1 is 1.50 bits per heavy atom. The zero-order chi connectivity index (χ0) is 15.5. The molecule has 2 heterocycles. The van der Waals surface area contributed by atoms with Crippen molar-refractivity contribution < 1.29 is 9.53 Å². The molecule has 1 aliphatic heterocycles. The Hall–Kier alpha value is -1.92. The fourth-order valence-electron chi connectivity index (χ4n) is 2.61. The Morgan fingerprint density at radius 2 is 2.32 bits per heavy atom. The minimum Gasteiger partial charge on any atom is -0.493 e. The third kappa shape index (κ3) is 3.28. The van der Waals surface area contributed by atoms with E-state index in [0.717, 1.165) is 11.4 Å². The fraction of sp³-hybridized carbons (Fsp3) is 0.375. The molecule has 0 unspecified atom stereocenters. The number of carbonyl (C=O) groups is 1. The molecule has 0 spiro atoms. The molecule has 3 rings (SSSR count). The van der Waals surface area contributed by atoms with Crippen LogP contribution >= 0.6 is 11.3 Å². The lowest BCUT2D eigenvalue weighted by molar-refractivity contribution is -0.114. The van der Waals surface area contributed by atoms with Gasteiger partial charge in [0.1, 0.15) is 5.75 Å². The lowest BCUT2D eigenvalue weighted by Crippen LogP contribution is -2.32. The molecule has 22 heavy (non-hydrogen) atoms. The van der Waals surface area contributed by atoms with Gasteiger partial charge in [0.2, 0.25) is 5.91 Å². The number of para-hydroxylation sites is 1. The Balaban J connectivity index is 1.58. The lowest BCUT2D eigenvalue weighted by Gasteiger charge is -2.19. The number of carbonyl (C=O) groups excluding carboxylic acids is 1. The highest BCUT2D eigenvalue weighted by atomic mass is 32.1. The number of hydrogen-bond acceptors (Lipinski definition) is 5. The minimum absolute atomic E-state index is 0.0954. The Kier molecular flexibility index (Phi) is 4.40. The van der Waals surface area contributed by atoms with Gasteiger partial charge < -0.3 is 15.4 Å². The fourth-order valence-corrected chi connectivity index (χ4v) is 3.36. The van der Waals surface area contributed by atoms with Crippen LogP contribution in [-0.2, 0) is 11.3 Å². The van der Waals surface area contributed by atoms with Gasteiger partial charge in [-0.1, -0.05) is 18.2 Å². The Morgan fingerprint density at radius 3 is 3.14 bits per heavy atom. The summed E-state index contributed by atoms with van der Waals surface area (Å²) < 4.78 is 5.73. The van der Waals surface area contributed by atoms with E-state index >= 15 is 0 Å². The highest BCUT2D eigenvalue weighted by molar-refractivity contribution is 7.13. The first-order valence-electron chi connectivity index (χ1n) is 7.30. The number of fused-ring (bicyclic) bond motifs is 1. The van der Waals surface area contributed by atoms with E-state index in [0.29, 0.717) is 24.2 Å². The van der Waals surface area contributed by atoms with E-state index in [4.69, 9.17) is 4.74 Å². The molecule has 0 radical (unpaired) electrons. The van der Waals surface area contributed by atoms with Gasteiger partial charge in [0, 0.05) is 36.4 Å². The molecule has 1 aromatic heterocycles. The number of nitrogens with zero attached hydrogens (tertiary/aromatic N) is 1. The number of hydrogen-bond donors (Lipinski definition) is 2. The van der Waals surface area contributed by atoms with Crippen LogP contribution in [0.3, 0.4) is 0 Å². The molecule has 6 heteroatoms. The van der Waals surface area contributed by atoms with E-state index in [-0.39, 0.29) is 11.9 Å². The topological polar surface area (TPSA) is 63.2 Å². The second-order valence-corrected chi connectivity index (χ2v) is 6.31. The highest BCUT2D eigenvalue weighted by Gasteiger charge is 2.28. The molecule has 0 saturated heterocycles. The molecule has 0 fully saturated rings. The normalized spacial score (nSPS) is 17.6. The lowest BCUT2D eigenvalue weighted by atomic mass is 9.94. The van der Waals surface area contributed by atoms with Gasteiger partial charge in [-0.3, -0.25) is 4.79 Å². The summed E-state index contributed by atoms with van der Waals surface area (Å²) >= 11 is 1.44. The summed E-state index contributed by atoms with van der Waals surface area (Å²) in [6, 6.07) is 8.48. The van der Waals surface area contributed by atoms with Crippen LogP contribution in [0, 0.1) is 0 Å². The van der Waals surface area contributed by atoms with Crippen LogP contribution in [0.2, 0.25) is 0 Å². The van der Waals surface area contributed by atoms with Crippen LogP contribution in [-0.4, -0.2) is 23.5 Å². The Labute approximate surface area is 133 Å². The maximum absolute atomic E-state index is 11.0. The van der Waals surface area contributed by atoms with Crippen LogP contribution in [0.5, 0.6) is 5.75 Å². The number of anilines is 1. The summed E-state index contributed by atoms with van der Waals surface area (Å²) in [5, 5.41) is 8.81. The van der Waals surface area contributed by atoms with E-state index in [2.05, 4.69) is 28.6 Å². The van der Waals surface area contributed by atoms with Gasteiger partial charge in [-0.2, -0.15) is 0 Å². The summed E-state index contributed by atoms with van der Waals surface area (Å²) in [7, 11) is 0. The van der Waals surface area contributed by atoms with Gasteiger partial charge in [0.05, 0.1) is 12.3 Å². The average molecular weight is 317 g/mol. The molecule has 1 aliphatic rings. The molecular weight excluding hydrogens is 298 g/mol. The largest absolute Gasteiger partial charge is 0.493 e. The van der Waals surface area contributed by atoms with Crippen molar-refractivity contribution in [3.63, 3.8) is 0 Å². The van der Waals surface area contributed by atoms with Crippen molar-refractivity contribution in [3.8, 4) is 5.75 Å². The predicted molar refractivity (Wildman–Crippen MR) is 87.4 cm³/mol. The summed E-state index contributed by atoms with van der Waals surface area (Å²) in [6.07, 6.45) is 0. The van der Waals surface area contributed by atoms with Crippen LogP contribution < -0.4 is 15.4 Å². The van der Waals surface area contributed by atoms with Crippen molar-refractivity contribution in [2.45, 2.75) is 32.4 Å². The highest BCUT2D eigenvalue weighted by Crippen LogP contribution is 2.35. The monoisotopic (exact) mass is 317 g/mol. The molecule has 116 valence electrons. The van der Waals surface area contributed by atoms with Gasteiger partial charge in [0.15, 0.2) is 5.13 Å². The summed E-state index contributed by atoms with van der Waals surface area (Å²) in [6.45, 7) is 5.04. The van der Waals surface area contributed by atoms with E-state index in [1.165, 1.54) is 23.8 Å². The van der Waals surface area contributed by atoms with E-state index in [1.54, 1.807) is 0 Å². The third-order valence-corrected chi connectivity index (χ3v) is 4.59. The molecular formula is C16H19N3O2S. The molecule has 1 amide bonds. The van der Waals surface area contributed by atoms with Crippen LogP contribution in [0.15, 0.2) is 29.6 Å². The van der Waals surface area contributed by atoms with E-state index in [9.17, 15) is 4.79 Å². The third-order valence-electron chi connectivity index (χ3n) is 3.78. The second-order valence-electron chi connectivity index (χ2n) is 5.45. The molecule has 0 aliphatic carbocycles. The van der Waals surface area contributed by atoms with Crippen molar-refractivity contribution >= 4 is 22.4 Å². The van der Waals surface area contributed by atoms with Gasteiger partial charge in [-0.25, -0.2) is 4.98 Å². The van der Waals surface area contributed by atoms with Gasteiger partial charge in [0.25, 0.3) is 0 Å². The number of thiazole rings is 1. The first-order valence-corrected chi connectivity index (χ1v) is 8.18. The van der Waals surface area contributed by atoms with Crippen LogP contribution in [0.1, 0.15) is 31.0 Å². The summed E-state index contributed by atoms with van der Waals surface area (Å²) in [4.78, 5) is 15.4. The van der Waals surface area contributed by atoms with Crippen LogP contribution in [0.25, 0.3) is 0 Å². The van der Waals surface area contributed by atoms with E-state index in [1.807, 2.05) is 23.6 Å². The molecule has 2 atom stereocenters. The maximum atomic E-state index is 11.0. The second kappa shape index (κ2) is 6.46. The zero-order valence-corrected chi connectivity index (χ0v) is 13.4. The van der Waals surface area contributed by atoms with Crippen molar-refractivity contribution in [1.29, 1.82) is 0 Å². The molecule has 1 aromatic carbocycles. The summed E-state index contributed by atoms with van der Waals surface area (Å²) in [5.41, 5.74) is 2.20. The van der Waals surface area contributed by atoms with Crippen molar-refractivity contribution in [2.24, 2.45) is 0 Å². The molecule has 0 saturated carbocycles.